The Bertz CT molecular complexity index is 1270. The van der Waals surface area contributed by atoms with Gasteiger partial charge in [0.2, 0.25) is 0 Å². The monoisotopic (exact) mass is 486 g/mol. The van der Waals surface area contributed by atoms with Gasteiger partial charge in [0.1, 0.15) is 23.8 Å². The van der Waals surface area contributed by atoms with Gasteiger partial charge in [-0.1, -0.05) is 13.0 Å². The van der Waals surface area contributed by atoms with E-state index < -0.39 is 23.8 Å². The predicted octanol–water partition coefficient (Wildman–Crippen LogP) is 3.67. The average Bonchev–Trinajstić information content (AvgIpc) is 3.38. The number of carbonyl (C=O) groups excluding carboxylic acids is 1. The Morgan fingerprint density at radius 3 is 2.69 bits per heavy atom. The molecular formula is C24H25F3N6O2. The van der Waals surface area contributed by atoms with Crippen molar-refractivity contribution >= 4 is 17.5 Å². The third-order valence-corrected chi connectivity index (χ3v) is 6.82. The van der Waals surface area contributed by atoms with E-state index in [0.29, 0.717) is 18.7 Å². The molecule has 1 aliphatic heterocycles. The molecule has 0 spiro atoms. The highest BCUT2D eigenvalue weighted by Gasteiger charge is 2.40. The summed E-state index contributed by atoms with van der Waals surface area (Å²) in [6.45, 7) is 1.78. The topological polar surface area (TPSA) is 96.2 Å². The van der Waals surface area contributed by atoms with Gasteiger partial charge < -0.3 is 15.0 Å². The van der Waals surface area contributed by atoms with Crippen LogP contribution in [-0.2, 0) is 26.2 Å². The molecule has 3 heterocycles. The number of aryl methyl sites for hydroxylation is 1. The number of alkyl halides is 3. The lowest BCUT2D eigenvalue weighted by Crippen LogP contribution is -2.43. The molecule has 2 aromatic heterocycles. The Morgan fingerprint density at radius 2 is 2.06 bits per heavy atom. The van der Waals surface area contributed by atoms with Crippen molar-refractivity contribution in [1.82, 2.24) is 19.7 Å². The third-order valence-electron chi connectivity index (χ3n) is 6.82. The molecule has 2 aliphatic rings. The van der Waals surface area contributed by atoms with Crippen LogP contribution in [0.15, 0.2) is 36.7 Å². The number of carbonyl (C=O) groups is 1. The first kappa shape index (κ1) is 23.3. The fourth-order valence-corrected chi connectivity index (χ4v) is 4.54. The first-order valence-corrected chi connectivity index (χ1v) is 11.4. The lowest BCUT2D eigenvalue weighted by molar-refractivity contribution is -0.138. The van der Waals surface area contributed by atoms with E-state index in [1.807, 2.05) is 24.6 Å². The number of nitrogens with one attached hydrogen (secondary N) is 1. The van der Waals surface area contributed by atoms with E-state index in [0.717, 1.165) is 23.9 Å². The number of aliphatic hydroxyl groups excluding tert-OH is 1. The number of hydrogen-bond donors (Lipinski definition) is 2. The van der Waals surface area contributed by atoms with Crippen molar-refractivity contribution in [2.45, 2.75) is 57.0 Å². The minimum atomic E-state index is -4.56. The third kappa shape index (κ3) is 4.36. The van der Waals surface area contributed by atoms with Crippen molar-refractivity contribution in [1.29, 1.82) is 0 Å². The Hall–Kier alpha value is -3.47. The maximum Gasteiger partial charge on any atom is 0.416 e. The number of nitrogens with zero attached hydrogens (tertiary/aromatic N) is 5. The zero-order valence-electron chi connectivity index (χ0n) is 19.3. The smallest absolute Gasteiger partial charge is 0.391 e. The van der Waals surface area contributed by atoms with E-state index in [2.05, 4.69) is 20.5 Å². The maximum atomic E-state index is 13.6. The molecule has 2 N–H and O–H groups in total. The summed E-state index contributed by atoms with van der Waals surface area (Å²) in [5.41, 5.74) is 0.0130. The van der Waals surface area contributed by atoms with Crippen LogP contribution in [0, 0.1) is 0 Å². The minimum Gasteiger partial charge on any atom is -0.391 e. The molecule has 0 radical (unpaired) electrons. The fraction of sp³-hybridized carbons (Fsp3) is 0.417. The van der Waals surface area contributed by atoms with Crippen LogP contribution in [0.3, 0.4) is 0 Å². The molecule has 0 bridgehead atoms. The minimum absolute atomic E-state index is 0.0306. The number of pyridine rings is 1. The van der Waals surface area contributed by atoms with Gasteiger partial charge in [-0.25, -0.2) is 4.98 Å². The van der Waals surface area contributed by atoms with Crippen molar-refractivity contribution in [2.24, 2.45) is 7.05 Å². The highest BCUT2D eigenvalue weighted by Crippen LogP contribution is 2.39. The summed E-state index contributed by atoms with van der Waals surface area (Å²) in [7, 11) is 1.85. The van der Waals surface area contributed by atoms with Crippen LogP contribution < -0.4 is 10.2 Å². The van der Waals surface area contributed by atoms with Gasteiger partial charge in [0.15, 0.2) is 0 Å². The molecule has 35 heavy (non-hydrogen) atoms. The molecule has 2 unspecified atom stereocenters. The highest BCUT2D eigenvalue weighted by molar-refractivity contribution is 6.10. The second-order valence-electron chi connectivity index (χ2n) is 9.22. The molecule has 8 nitrogen and oxygen atoms in total. The predicted molar refractivity (Wildman–Crippen MR) is 122 cm³/mol. The molecule has 1 amide bonds. The Morgan fingerprint density at radius 1 is 1.26 bits per heavy atom. The molecule has 1 aliphatic carbocycles. The number of rotatable bonds is 6. The van der Waals surface area contributed by atoms with Gasteiger partial charge in [0.25, 0.3) is 5.91 Å². The second kappa shape index (κ2) is 8.63. The lowest BCUT2D eigenvalue weighted by atomic mass is 9.89. The van der Waals surface area contributed by atoms with E-state index >= 15 is 0 Å². The second-order valence-corrected chi connectivity index (χ2v) is 9.22. The average molecular weight is 486 g/mol. The van der Waals surface area contributed by atoms with E-state index in [9.17, 15) is 23.1 Å². The van der Waals surface area contributed by atoms with Crippen molar-refractivity contribution in [2.75, 3.05) is 10.2 Å². The van der Waals surface area contributed by atoms with Gasteiger partial charge in [-0.05, 0) is 54.2 Å². The Labute approximate surface area is 199 Å². The van der Waals surface area contributed by atoms with Gasteiger partial charge in [-0.3, -0.25) is 9.69 Å². The summed E-state index contributed by atoms with van der Waals surface area (Å²) in [6.07, 6.45) is -1.41. The summed E-state index contributed by atoms with van der Waals surface area (Å²) in [4.78, 5) is 19.0. The van der Waals surface area contributed by atoms with Gasteiger partial charge in [-0.15, -0.1) is 10.2 Å². The fourth-order valence-electron chi connectivity index (χ4n) is 4.54. The van der Waals surface area contributed by atoms with Gasteiger partial charge in [0.05, 0.1) is 24.3 Å². The van der Waals surface area contributed by atoms with Crippen molar-refractivity contribution in [3.8, 4) is 0 Å². The number of amides is 1. The summed E-state index contributed by atoms with van der Waals surface area (Å²) in [5, 5.41) is 21.3. The molecule has 184 valence electrons. The van der Waals surface area contributed by atoms with Crippen LogP contribution in [0.2, 0.25) is 0 Å². The summed E-state index contributed by atoms with van der Waals surface area (Å²) < 4.78 is 42.6. The van der Waals surface area contributed by atoms with Gasteiger partial charge >= 0.3 is 6.18 Å². The number of benzene rings is 1. The molecule has 1 fully saturated rings. The van der Waals surface area contributed by atoms with Crippen LogP contribution in [0.25, 0.3) is 0 Å². The molecule has 0 saturated heterocycles. The Kier molecular flexibility index (Phi) is 5.74. The maximum absolute atomic E-state index is 13.6. The van der Waals surface area contributed by atoms with E-state index in [4.69, 9.17) is 0 Å². The van der Waals surface area contributed by atoms with Crippen LogP contribution >= 0.6 is 0 Å². The lowest BCUT2D eigenvalue weighted by Gasteiger charge is -2.33. The molecule has 3 aromatic rings. The number of aliphatic hydroxyl groups is 1. The number of fused-ring (bicyclic) bond motifs is 1. The molecular weight excluding hydrogens is 461 g/mol. The highest BCUT2D eigenvalue weighted by atomic mass is 19.4. The SMILES string of the molecule is C[C@H](Cc1nncn1C)c1cc(NC2CCC2O)nc(N2Cc3c(cccc3C(F)(F)F)C2=O)c1. The van der Waals surface area contributed by atoms with E-state index in [1.165, 1.54) is 17.0 Å². The van der Waals surface area contributed by atoms with E-state index in [-0.39, 0.29) is 35.4 Å². The molecule has 11 heteroatoms. The zero-order chi connectivity index (χ0) is 24.9. The number of aromatic nitrogens is 4. The van der Waals surface area contributed by atoms with Gasteiger partial charge in [-0.2, -0.15) is 13.2 Å². The standard InChI is InChI=1S/C24H25F3N6O2/c1-13(8-22-31-28-12-32(22)2)14-9-20(29-18-6-7-19(18)34)30-21(10-14)33-11-16-15(23(33)35)4-3-5-17(16)24(25,26)27/h3-5,9-10,12-13,18-19,34H,6-8,11H2,1-2H3,(H,29,30)/t13-,18?,19?/m1/s1. The first-order valence-electron chi connectivity index (χ1n) is 11.4. The first-order chi connectivity index (χ1) is 16.6. The van der Waals surface area contributed by atoms with Crippen LogP contribution in [0.5, 0.6) is 0 Å². The molecule has 5 rings (SSSR count). The van der Waals surface area contributed by atoms with Crippen LogP contribution in [-0.4, -0.2) is 42.9 Å². The normalized spacial score (nSPS) is 20.5. The van der Waals surface area contributed by atoms with Gasteiger partial charge in [0, 0.05) is 19.0 Å². The van der Waals surface area contributed by atoms with E-state index in [1.54, 1.807) is 12.4 Å². The molecule has 1 saturated carbocycles. The van der Waals surface area contributed by atoms with Crippen molar-refractivity contribution in [3.63, 3.8) is 0 Å². The van der Waals surface area contributed by atoms with Crippen LogP contribution in [0.4, 0.5) is 24.8 Å². The number of halogens is 3. The summed E-state index contributed by atoms with van der Waals surface area (Å²) >= 11 is 0. The number of hydrogen-bond acceptors (Lipinski definition) is 6. The van der Waals surface area contributed by atoms with Crippen molar-refractivity contribution < 1.29 is 23.1 Å². The largest absolute Gasteiger partial charge is 0.416 e. The Balaban J connectivity index is 1.50. The van der Waals surface area contributed by atoms with Crippen molar-refractivity contribution in [3.05, 3.63) is 64.7 Å². The van der Waals surface area contributed by atoms with Crippen LogP contribution in [0.1, 0.15) is 58.6 Å². The number of anilines is 2. The molecule has 1 aromatic carbocycles. The summed E-state index contributed by atoms with van der Waals surface area (Å²) in [5.74, 6) is 0.937. The quantitative estimate of drug-likeness (QED) is 0.552. The zero-order valence-corrected chi connectivity index (χ0v) is 19.3. The molecule has 3 atom stereocenters. The summed E-state index contributed by atoms with van der Waals surface area (Å²) in [6, 6.07) is 7.08.